The minimum atomic E-state index is -0.0700. The zero-order valence-corrected chi connectivity index (χ0v) is 9.43. The van der Waals surface area contributed by atoms with Crippen molar-refractivity contribution in [2.45, 2.75) is 19.8 Å². The monoisotopic (exact) mass is 226 g/mol. The average Bonchev–Trinajstić information content (AvgIpc) is 2.45. The van der Waals surface area contributed by atoms with E-state index in [1.807, 2.05) is 5.01 Å². The number of thiazole rings is 1. The molecule has 1 aliphatic heterocycles. The van der Waals surface area contributed by atoms with Gasteiger partial charge in [-0.3, -0.25) is 10.6 Å². The van der Waals surface area contributed by atoms with E-state index in [1.165, 1.54) is 11.8 Å². The van der Waals surface area contributed by atoms with Gasteiger partial charge in [-0.05, 0) is 6.42 Å². The molecular formula is C9H14N4OS. The lowest BCUT2D eigenvalue weighted by atomic mass is 10.2. The highest BCUT2D eigenvalue weighted by Gasteiger charge is 2.16. The number of hydrogen-bond donors (Lipinski definition) is 2. The van der Waals surface area contributed by atoms with Crippen LogP contribution in [0.5, 0.6) is 0 Å². The van der Waals surface area contributed by atoms with E-state index in [2.05, 4.69) is 10.3 Å². The van der Waals surface area contributed by atoms with Crippen LogP contribution in [-0.4, -0.2) is 29.0 Å². The zero-order valence-electron chi connectivity index (χ0n) is 8.62. The Hall–Kier alpha value is -0.980. The Labute approximate surface area is 92.3 Å². The normalized spacial score (nSPS) is 16.9. The summed E-state index contributed by atoms with van der Waals surface area (Å²) in [6, 6.07) is 0. The maximum Gasteiger partial charge on any atom is 0.223 e. The molecule has 1 aromatic heterocycles. The van der Waals surface area contributed by atoms with E-state index in [1.54, 1.807) is 11.3 Å². The number of rotatable bonds is 1. The van der Waals surface area contributed by atoms with Gasteiger partial charge in [-0.2, -0.15) is 0 Å². The first kappa shape index (κ1) is 10.5. The summed E-state index contributed by atoms with van der Waals surface area (Å²) in [5.74, 6) is 5.66. The molecule has 82 valence electrons. The predicted molar refractivity (Wildman–Crippen MR) is 59.6 cm³/mol. The van der Waals surface area contributed by atoms with Crippen molar-refractivity contribution in [2.24, 2.45) is 5.84 Å². The van der Waals surface area contributed by atoms with Crippen LogP contribution in [0, 0.1) is 0 Å². The molecule has 1 amide bonds. The van der Waals surface area contributed by atoms with E-state index in [0.717, 1.165) is 31.6 Å². The van der Waals surface area contributed by atoms with Gasteiger partial charge >= 0.3 is 0 Å². The molecule has 1 aliphatic rings. The fraction of sp³-hybridized carbons (Fsp3) is 0.556. The van der Waals surface area contributed by atoms with Crippen LogP contribution in [0.15, 0.2) is 0 Å². The van der Waals surface area contributed by atoms with Crippen molar-refractivity contribution in [3.05, 3.63) is 10.6 Å². The molecule has 0 unspecified atom stereocenters. The van der Waals surface area contributed by atoms with Gasteiger partial charge in [-0.15, -0.1) is 11.3 Å². The standard InChI is InChI=1S/C9H14N4OS/c1-6(14)11-9-12-7-2-4-13(10)5-3-8(7)15-9/h2-5,10H2,1H3,(H,11,12,14). The number of hydrazine groups is 1. The third-order valence-electron chi connectivity index (χ3n) is 2.32. The molecule has 0 spiro atoms. The van der Waals surface area contributed by atoms with Crippen LogP contribution in [0.25, 0.3) is 0 Å². The maximum absolute atomic E-state index is 10.9. The first-order chi connectivity index (χ1) is 7.15. The summed E-state index contributed by atoms with van der Waals surface area (Å²) in [6.07, 6.45) is 1.78. The summed E-state index contributed by atoms with van der Waals surface area (Å²) in [6.45, 7) is 3.18. The second-order valence-electron chi connectivity index (χ2n) is 3.61. The smallest absolute Gasteiger partial charge is 0.223 e. The molecular weight excluding hydrogens is 212 g/mol. The van der Waals surface area contributed by atoms with E-state index in [0.29, 0.717) is 5.13 Å². The van der Waals surface area contributed by atoms with Gasteiger partial charge in [0.05, 0.1) is 5.69 Å². The molecule has 15 heavy (non-hydrogen) atoms. The number of carbonyl (C=O) groups is 1. The third-order valence-corrected chi connectivity index (χ3v) is 3.40. The minimum Gasteiger partial charge on any atom is -0.302 e. The molecule has 0 saturated carbocycles. The summed E-state index contributed by atoms with van der Waals surface area (Å²) in [5.41, 5.74) is 1.08. The highest BCUT2D eigenvalue weighted by Crippen LogP contribution is 2.25. The third kappa shape index (κ3) is 2.53. The Bertz CT molecular complexity index is 351. The molecule has 2 heterocycles. The summed E-state index contributed by atoms with van der Waals surface area (Å²) in [5, 5.41) is 5.24. The summed E-state index contributed by atoms with van der Waals surface area (Å²) in [4.78, 5) is 16.5. The maximum atomic E-state index is 10.9. The van der Waals surface area contributed by atoms with E-state index in [9.17, 15) is 4.79 Å². The van der Waals surface area contributed by atoms with Crippen LogP contribution < -0.4 is 11.2 Å². The summed E-state index contributed by atoms with van der Waals surface area (Å²) >= 11 is 1.55. The highest BCUT2D eigenvalue weighted by molar-refractivity contribution is 7.15. The molecule has 5 nitrogen and oxygen atoms in total. The van der Waals surface area contributed by atoms with Gasteiger partial charge in [0.2, 0.25) is 5.91 Å². The molecule has 1 aromatic rings. The molecule has 0 atom stereocenters. The van der Waals surface area contributed by atoms with Gasteiger partial charge in [0.1, 0.15) is 0 Å². The number of aromatic nitrogens is 1. The van der Waals surface area contributed by atoms with E-state index in [4.69, 9.17) is 5.84 Å². The van der Waals surface area contributed by atoms with Crippen molar-refractivity contribution in [2.75, 3.05) is 18.4 Å². The molecule has 0 saturated heterocycles. The van der Waals surface area contributed by atoms with Gasteiger partial charge in [-0.1, -0.05) is 0 Å². The molecule has 3 N–H and O–H groups in total. The van der Waals surface area contributed by atoms with Gasteiger partial charge in [-0.25, -0.2) is 9.99 Å². The topological polar surface area (TPSA) is 71.2 Å². The quantitative estimate of drug-likeness (QED) is 0.679. The number of amides is 1. The highest BCUT2D eigenvalue weighted by atomic mass is 32.1. The predicted octanol–water partition coefficient (Wildman–Crippen LogP) is 0.376. The molecule has 0 fully saturated rings. The number of nitrogens with two attached hydrogens (primary N) is 1. The van der Waals surface area contributed by atoms with Crippen molar-refractivity contribution in [3.63, 3.8) is 0 Å². The molecule has 6 heteroatoms. The second kappa shape index (κ2) is 4.26. The van der Waals surface area contributed by atoms with Crippen LogP contribution in [-0.2, 0) is 17.6 Å². The van der Waals surface area contributed by atoms with Crippen LogP contribution >= 0.6 is 11.3 Å². The lowest BCUT2D eigenvalue weighted by molar-refractivity contribution is -0.114. The van der Waals surface area contributed by atoms with Crippen molar-refractivity contribution in [3.8, 4) is 0 Å². The van der Waals surface area contributed by atoms with Crippen LogP contribution in [0.4, 0.5) is 5.13 Å². The Kier molecular flexibility index (Phi) is 2.99. The Balaban J connectivity index is 2.15. The number of fused-ring (bicyclic) bond motifs is 1. The van der Waals surface area contributed by atoms with Crippen LogP contribution in [0.3, 0.4) is 0 Å². The Morgan fingerprint density at radius 3 is 3.00 bits per heavy atom. The molecule has 0 radical (unpaired) electrons. The Morgan fingerprint density at radius 2 is 2.27 bits per heavy atom. The lowest BCUT2D eigenvalue weighted by Crippen LogP contribution is -2.33. The Morgan fingerprint density at radius 1 is 1.53 bits per heavy atom. The van der Waals surface area contributed by atoms with E-state index < -0.39 is 0 Å². The van der Waals surface area contributed by atoms with Crippen LogP contribution in [0.1, 0.15) is 17.5 Å². The molecule has 2 rings (SSSR count). The number of anilines is 1. The van der Waals surface area contributed by atoms with Crippen molar-refractivity contribution in [1.29, 1.82) is 0 Å². The number of nitrogens with one attached hydrogen (secondary N) is 1. The minimum absolute atomic E-state index is 0.0700. The van der Waals surface area contributed by atoms with Crippen molar-refractivity contribution >= 4 is 22.4 Å². The summed E-state index contributed by atoms with van der Waals surface area (Å²) in [7, 11) is 0. The van der Waals surface area contributed by atoms with Crippen molar-refractivity contribution in [1.82, 2.24) is 9.99 Å². The fourth-order valence-electron chi connectivity index (χ4n) is 1.58. The number of hydrogen-bond acceptors (Lipinski definition) is 5. The second-order valence-corrected chi connectivity index (χ2v) is 4.69. The summed E-state index contributed by atoms with van der Waals surface area (Å²) < 4.78 is 0. The van der Waals surface area contributed by atoms with Gasteiger partial charge in [0.15, 0.2) is 5.13 Å². The van der Waals surface area contributed by atoms with E-state index in [-0.39, 0.29) is 5.91 Å². The number of nitrogens with zero attached hydrogens (tertiary/aromatic N) is 2. The first-order valence-corrected chi connectivity index (χ1v) is 5.72. The van der Waals surface area contributed by atoms with Crippen molar-refractivity contribution < 1.29 is 4.79 Å². The van der Waals surface area contributed by atoms with Crippen LogP contribution in [0.2, 0.25) is 0 Å². The molecule has 0 bridgehead atoms. The average molecular weight is 226 g/mol. The molecule has 0 aromatic carbocycles. The van der Waals surface area contributed by atoms with Gasteiger partial charge in [0, 0.05) is 31.3 Å². The zero-order chi connectivity index (χ0) is 10.8. The van der Waals surface area contributed by atoms with Gasteiger partial charge < -0.3 is 5.32 Å². The fourth-order valence-corrected chi connectivity index (χ4v) is 2.63. The van der Waals surface area contributed by atoms with E-state index >= 15 is 0 Å². The number of carbonyl (C=O) groups excluding carboxylic acids is 1. The largest absolute Gasteiger partial charge is 0.302 e. The molecule has 0 aliphatic carbocycles. The first-order valence-electron chi connectivity index (χ1n) is 4.91. The van der Waals surface area contributed by atoms with Gasteiger partial charge in [0.25, 0.3) is 0 Å². The lowest BCUT2D eigenvalue weighted by Gasteiger charge is -2.10. The SMILES string of the molecule is CC(=O)Nc1nc2c(s1)CCN(N)CC2.